The highest BCUT2D eigenvalue weighted by Gasteiger charge is 2.41. The van der Waals surface area contributed by atoms with Crippen LogP contribution in [0.3, 0.4) is 0 Å². The largest absolute Gasteiger partial charge is 0.496 e. The van der Waals surface area contributed by atoms with E-state index in [1.807, 2.05) is 0 Å². The van der Waals surface area contributed by atoms with Crippen molar-refractivity contribution in [2.24, 2.45) is 11.1 Å². The van der Waals surface area contributed by atoms with Gasteiger partial charge in [-0.2, -0.15) is 0 Å². The summed E-state index contributed by atoms with van der Waals surface area (Å²) in [6.45, 7) is 5.07. The molecular formula is C14H21NO. The second kappa shape index (κ2) is 4.10. The van der Waals surface area contributed by atoms with Crippen LogP contribution in [0.5, 0.6) is 5.75 Å². The number of ether oxygens (including phenoxy) is 1. The molecule has 0 aliphatic heterocycles. The van der Waals surface area contributed by atoms with Gasteiger partial charge in [0.2, 0.25) is 0 Å². The highest BCUT2D eigenvalue weighted by Crippen LogP contribution is 2.49. The van der Waals surface area contributed by atoms with Crippen LogP contribution >= 0.6 is 0 Å². The number of methoxy groups -OCH3 is 1. The van der Waals surface area contributed by atoms with Crippen LogP contribution in [0.25, 0.3) is 0 Å². The van der Waals surface area contributed by atoms with Crippen LogP contribution in [0.15, 0.2) is 12.1 Å². The van der Waals surface area contributed by atoms with Gasteiger partial charge in [0.25, 0.3) is 0 Å². The fourth-order valence-corrected chi connectivity index (χ4v) is 2.37. The molecule has 1 saturated carbocycles. The molecule has 1 aliphatic rings. The maximum Gasteiger partial charge on any atom is 0.122 e. The molecular weight excluding hydrogens is 198 g/mol. The zero-order chi connectivity index (χ0) is 11.8. The molecule has 0 heterocycles. The van der Waals surface area contributed by atoms with Gasteiger partial charge in [0.1, 0.15) is 5.75 Å². The summed E-state index contributed by atoms with van der Waals surface area (Å²) >= 11 is 0. The molecule has 0 atom stereocenters. The maximum absolute atomic E-state index is 5.85. The minimum atomic E-state index is 0.368. The molecule has 1 aromatic rings. The number of aryl methyl sites for hydroxylation is 2. The summed E-state index contributed by atoms with van der Waals surface area (Å²) in [5.74, 6) is 1.03. The quantitative estimate of drug-likeness (QED) is 0.844. The van der Waals surface area contributed by atoms with Crippen LogP contribution in [0.1, 0.15) is 29.5 Å². The van der Waals surface area contributed by atoms with Crippen LogP contribution in [0.2, 0.25) is 0 Å². The van der Waals surface area contributed by atoms with Crippen molar-refractivity contribution in [1.82, 2.24) is 0 Å². The smallest absolute Gasteiger partial charge is 0.122 e. The van der Waals surface area contributed by atoms with Crippen LogP contribution < -0.4 is 10.5 Å². The first-order chi connectivity index (χ1) is 7.60. The lowest BCUT2D eigenvalue weighted by atomic mass is 9.92. The van der Waals surface area contributed by atoms with Gasteiger partial charge < -0.3 is 10.5 Å². The Morgan fingerprint density at radius 1 is 1.31 bits per heavy atom. The molecule has 1 aromatic carbocycles. The molecule has 2 rings (SSSR count). The van der Waals surface area contributed by atoms with Crippen molar-refractivity contribution in [2.45, 2.75) is 33.1 Å². The molecule has 2 N–H and O–H groups in total. The number of nitrogens with two attached hydrogens (primary N) is 1. The lowest BCUT2D eigenvalue weighted by molar-refractivity contribution is 0.401. The van der Waals surface area contributed by atoms with Gasteiger partial charge in [-0.1, -0.05) is 6.07 Å². The van der Waals surface area contributed by atoms with Crippen molar-refractivity contribution in [1.29, 1.82) is 0 Å². The van der Waals surface area contributed by atoms with Crippen LogP contribution in [0, 0.1) is 19.3 Å². The van der Waals surface area contributed by atoms with Crippen molar-refractivity contribution in [3.05, 3.63) is 28.8 Å². The fraction of sp³-hybridized carbons (Fsp3) is 0.571. The summed E-state index contributed by atoms with van der Waals surface area (Å²) < 4.78 is 5.48. The maximum atomic E-state index is 5.85. The van der Waals surface area contributed by atoms with Gasteiger partial charge in [0, 0.05) is 0 Å². The van der Waals surface area contributed by atoms with Crippen molar-refractivity contribution >= 4 is 0 Å². The summed E-state index contributed by atoms with van der Waals surface area (Å²) in [5.41, 5.74) is 10.1. The predicted octanol–water partition coefficient (Wildman–Crippen LogP) is 2.59. The molecule has 16 heavy (non-hydrogen) atoms. The molecule has 1 aliphatic carbocycles. The van der Waals surface area contributed by atoms with Gasteiger partial charge in [-0.25, -0.2) is 0 Å². The Balaban J connectivity index is 2.32. The number of hydrogen-bond acceptors (Lipinski definition) is 2. The second-order valence-corrected chi connectivity index (χ2v) is 5.14. The van der Waals surface area contributed by atoms with E-state index in [4.69, 9.17) is 10.5 Å². The number of benzene rings is 1. The standard InChI is InChI=1S/C14H21NO/c1-10-6-11(2)12(13(7-10)16-3)8-14(9-15)4-5-14/h6-7H,4-5,8-9,15H2,1-3H3. The first kappa shape index (κ1) is 11.5. The minimum Gasteiger partial charge on any atom is -0.496 e. The average molecular weight is 219 g/mol. The van der Waals surface area contributed by atoms with Gasteiger partial charge >= 0.3 is 0 Å². The topological polar surface area (TPSA) is 35.2 Å². The SMILES string of the molecule is COc1cc(C)cc(C)c1CC1(CN)CC1. The highest BCUT2D eigenvalue weighted by molar-refractivity contribution is 5.44. The second-order valence-electron chi connectivity index (χ2n) is 5.14. The normalized spacial score (nSPS) is 17.2. The zero-order valence-corrected chi connectivity index (χ0v) is 10.5. The Labute approximate surface area is 97.8 Å². The van der Waals surface area contributed by atoms with Gasteiger partial charge in [-0.05, 0) is 67.8 Å². The molecule has 0 bridgehead atoms. The van der Waals surface area contributed by atoms with E-state index < -0.39 is 0 Å². The van der Waals surface area contributed by atoms with E-state index in [1.54, 1.807) is 7.11 Å². The predicted molar refractivity (Wildman–Crippen MR) is 66.9 cm³/mol. The molecule has 0 amide bonds. The van der Waals surface area contributed by atoms with Crippen molar-refractivity contribution in [3.63, 3.8) is 0 Å². The van der Waals surface area contributed by atoms with E-state index >= 15 is 0 Å². The van der Waals surface area contributed by atoms with Crippen molar-refractivity contribution in [2.75, 3.05) is 13.7 Å². The third kappa shape index (κ3) is 2.07. The third-order valence-electron chi connectivity index (χ3n) is 3.74. The van der Waals surface area contributed by atoms with Crippen molar-refractivity contribution < 1.29 is 4.74 Å². The number of rotatable bonds is 4. The monoisotopic (exact) mass is 219 g/mol. The Morgan fingerprint density at radius 2 is 2.00 bits per heavy atom. The van der Waals surface area contributed by atoms with Crippen LogP contribution in [-0.4, -0.2) is 13.7 Å². The van der Waals surface area contributed by atoms with Gasteiger partial charge in [0.15, 0.2) is 0 Å². The molecule has 0 saturated heterocycles. The Hall–Kier alpha value is -1.02. The number of hydrogen-bond donors (Lipinski definition) is 1. The minimum absolute atomic E-state index is 0.368. The molecule has 0 aromatic heterocycles. The van der Waals surface area contributed by atoms with Gasteiger partial charge in [0.05, 0.1) is 7.11 Å². The Kier molecular flexibility index (Phi) is 2.94. The molecule has 0 spiro atoms. The lowest BCUT2D eigenvalue weighted by Crippen LogP contribution is -2.18. The van der Waals surface area contributed by atoms with E-state index in [1.165, 1.54) is 29.5 Å². The molecule has 0 unspecified atom stereocenters. The van der Waals surface area contributed by atoms with Gasteiger partial charge in [-0.3, -0.25) is 0 Å². The summed E-state index contributed by atoms with van der Waals surface area (Å²) in [5, 5.41) is 0. The average Bonchev–Trinajstić information content (AvgIpc) is 3.02. The lowest BCUT2D eigenvalue weighted by Gasteiger charge is -2.18. The Bertz CT molecular complexity index is 394. The van der Waals surface area contributed by atoms with E-state index in [2.05, 4.69) is 26.0 Å². The fourth-order valence-electron chi connectivity index (χ4n) is 2.37. The first-order valence-electron chi connectivity index (χ1n) is 5.94. The summed E-state index contributed by atoms with van der Waals surface area (Å²) in [7, 11) is 1.75. The summed E-state index contributed by atoms with van der Waals surface area (Å²) in [6, 6.07) is 4.35. The van der Waals surface area contributed by atoms with E-state index in [9.17, 15) is 0 Å². The van der Waals surface area contributed by atoms with E-state index in [-0.39, 0.29) is 0 Å². The first-order valence-corrected chi connectivity index (χ1v) is 5.94. The molecule has 0 radical (unpaired) electrons. The molecule has 1 fully saturated rings. The van der Waals surface area contributed by atoms with E-state index in [0.29, 0.717) is 5.41 Å². The van der Waals surface area contributed by atoms with E-state index in [0.717, 1.165) is 18.7 Å². The molecule has 2 heteroatoms. The van der Waals surface area contributed by atoms with Crippen molar-refractivity contribution in [3.8, 4) is 5.75 Å². The third-order valence-corrected chi connectivity index (χ3v) is 3.74. The van der Waals surface area contributed by atoms with Gasteiger partial charge in [-0.15, -0.1) is 0 Å². The highest BCUT2D eigenvalue weighted by atomic mass is 16.5. The van der Waals surface area contributed by atoms with Crippen LogP contribution in [-0.2, 0) is 6.42 Å². The summed E-state index contributed by atoms with van der Waals surface area (Å²) in [6.07, 6.45) is 3.60. The molecule has 2 nitrogen and oxygen atoms in total. The summed E-state index contributed by atoms with van der Waals surface area (Å²) in [4.78, 5) is 0. The Morgan fingerprint density at radius 3 is 2.50 bits per heavy atom. The zero-order valence-electron chi connectivity index (χ0n) is 10.5. The van der Waals surface area contributed by atoms with Crippen LogP contribution in [0.4, 0.5) is 0 Å². The molecule has 88 valence electrons.